The number of carboxylic acid groups (broad SMARTS) is 1. The first-order chi connectivity index (χ1) is 21.6. The molecular formula is C37H56O9. The number of carboxylic acids is 1. The second-order valence-corrected chi connectivity index (χ2v) is 16.8. The van der Waals surface area contributed by atoms with E-state index >= 15 is 0 Å². The second kappa shape index (κ2) is 12.0. The molecule has 5 fully saturated rings. The molecule has 6 aliphatic rings. The van der Waals surface area contributed by atoms with Crippen LogP contribution in [0.4, 0.5) is 0 Å². The molecule has 6 rings (SSSR count). The van der Waals surface area contributed by atoms with Gasteiger partial charge in [0.25, 0.3) is 0 Å². The number of esters is 1. The molecule has 5 N–H and O–H groups in total. The Bertz CT molecular complexity index is 1250. The van der Waals surface area contributed by atoms with E-state index in [0.717, 1.165) is 57.8 Å². The molecule has 4 saturated carbocycles. The molecule has 15 atom stereocenters. The minimum atomic E-state index is -1.72. The molecule has 46 heavy (non-hydrogen) atoms. The number of ether oxygens (including phenoxy) is 2. The predicted octanol–water partition coefficient (Wildman–Crippen LogP) is 4.40. The smallest absolute Gasteiger partial charge is 0.335 e. The maximum absolute atomic E-state index is 13.6. The fourth-order valence-corrected chi connectivity index (χ4v) is 12.1. The molecule has 258 valence electrons. The van der Waals surface area contributed by atoms with Crippen molar-refractivity contribution in [1.82, 2.24) is 0 Å². The first kappa shape index (κ1) is 34.1. The van der Waals surface area contributed by atoms with E-state index in [2.05, 4.69) is 33.4 Å². The summed E-state index contributed by atoms with van der Waals surface area (Å²) < 4.78 is 11.4. The van der Waals surface area contributed by atoms with E-state index in [1.165, 1.54) is 5.57 Å². The molecule has 1 heterocycles. The molecule has 0 aromatic heterocycles. The highest BCUT2D eigenvalue weighted by Gasteiger charge is 2.66. The molecular weight excluding hydrogens is 588 g/mol. The lowest BCUT2D eigenvalue weighted by Crippen LogP contribution is -2.65. The van der Waals surface area contributed by atoms with Crippen LogP contribution < -0.4 is 0 Å². The van der Waals surface area contributed by atoms with E-state index in [9.17, 15) is 35.1 Å². The molecule has 1 saturated heterocycles. The predicted molar refractivity (Wildman–Crippen MR) is 170 cm³/mol. The van der Waals surface area contributed by atoms with Crippen LogP contribution in [0.2, 0.25) is 0 Å². The summed E-state index contributed by atoms with van der Waals surface area (Å²) in [5.74, 6) is -0.161. The molecule has 0 amide bonds. The van der Waals surface area contributed by atoms with Crippen LogP contribution >= 0.6 is 0 Å². The number of rotatable bonds is 6. The average molecular weight is 645 g/mol. The number of hydrogen-bond donors (Lipinski definition) is 5. The number of aliphatic carboxylic acids is 1. The summed E-state index contributed by atoms with van der Waals surface area (Å²) in [4.78, 5) is 25.3. The van der Waals surface area contributed by atoms with Crippen LogP contribution in [0.15, 0.2) is 24.3 Å². The number of hydrogen-bond acceptors (Lipinski definition) is 8. The first-order valence-corrected chi connectivity index (χ1v) is 17.7. The highest BCUT2D eigenvalue weighted by molar-refractivity contribution is 5.78. The van der Waals surface area contributed by atoms with Gasteiger partial charge in [0.15, 0.2) is 6.10 Å². The molecule has 9 nitrogen and oxygen atoms in total. The van der Waals surface area contributed by atoms with Gasteiger partial charge in [-0.2, -0.15) is 0 Å². The van der Waals surface area contributed by atoms with Gasteiger partial charge >= 0.3 is 11.9 Å². The van der Waals surface area contributed by atoms with Crippen molar-refractivity contribution < 1.29 is 44.6 Å². The summed E-state index contributed by atoms with van der Waals surface area (Å²) >= 11 is 0. The number of allylic oxidation sites excluding steroid dienone is 2. The quantitative estimate of drug-likeness (QED) is 0.209. The van der Waals surface area contributed by atoms with Gasteiger partial charge in [-0.3, -0.25) is 4.79 Å². The third kappa shape index (κ3) is 5.05. The Labute approximate surface area is 273 Å². The Balaban J connectivity index is 1.25. The Kier molecular flexibility index (Phi) is 8.87. The second-order valence-electron chi connectivity index (χ2n) is 16.8. The lowest BCUT2D eigenvalue weighted by Gasteiger charge is -2.68. The average Bonchev–Trinajstić information content (AvgIpc) is 3.00. The standard InChI is InChI=1S/C37H56O9/c1-6-17-45-33(43)37-15-9-20(2)18-24(37)22-7-8-26-34(3,23(22)11-16-37)14-12-27-35(26,4)13-10-21(36(27,5)44)19-25-28(38)29(39)30(40)31(46-25)32(41)42/h6-7,20-21,23-31,38-40,44H,1,8-19H2,2-5H3,(H,41,42)/t20?,21?,23?,24?,25?,26?,27?,28?,29?,30?,31?,34?,35?,36-,37?/m1/s1. The lowest BCUT2D eigenvalue weighted by atomic mass is 9.37. The van der Waals surface area contributed by atoms with Crippen molar-refractivity contribution in [3.63, 3.8) is 0 Å². The highest BCUT2D eigenvalue weighted by atomic mass is 16.6. The maximum Gasteiger partial charge on any atom is 0.335 e. The van der Waals surface area contributed by atoms with Gasteiger partial charge in [0, 0.05) is 0 Å². The van der Waals surface area contributed by atoms with Crippen LogP contribution in [0.1, 0.15) is 98.3 Å². The van der Waals surface area contributed by atoms with Crippen LogP contribution in [0.3, 0.4) is 0 Å². The molecule has 14 unspecified atom stereocenters. The van der Waals surface area contributed by atoms with Crippen LogP contribution in [0.25, 0.3) is 0 Å². The molecule has 1 aliphatic heterocycles. The Morgan fingerprint density at radius 3 is 2.35 bits per heavy atom. The summed E-state index contributed by atoms with van der Waals surface area (Å²) in [5, 5.41) is 53.2. The molecule has 0 radical (unpaired) electrons. The third-order valence-corrected chi connectivity index (χ3v) is 14.6. The van der Waals surface area contributed by atoms with Crippen LogP contribution in [0, 0.1) is 51.8 Å². The number of fused-ring (bicyclic) bond motifs is 7. The summed E-state index contributed by atoms with van der Waals surface area (Å²) in [6, 6.07) is 0. The summed E-state index contributed by atoms with van der Waals surface area (Å²) in [7, 11) is 0. The van der Waals surface area contributed by atoms with E-state index in [0.29, 0.717) is 24.2 Å². The number of aliphatic hydroxyl groups is 4. The monoisotopic (exact) mass is 644 g/mol. The van der Waals surface area contributed by atoms with Crippen molar-refractivity contribution in [2.24, 2.45) is 51.8 Å². The first-order valence-electron chi connectivity index (χ1n) is 17.7. The van der Waals surface area contributed by atoms with Crippen molar-refractivity contribution >= 4 is 11.9 Å². The number of carbonyl (C=O) groups excluding carboxylic acids is 1. The van der Waals surface area contributed by atoms with Crippen molar-refractivity contribution in [1.29, 1.82) is 0 Å². The van der Waals surface area contributed by atoms with Gasteiger partial charge in [-0.05, 0) is 124 Å². The zero-order valence-corrected chi connectivity index (χ0v) is 28.1. The topological polar surface area (TPSA) is 154 Å². The maximum atomic E-state index is 13.6. The van der Waals surface area contributed by atoms with Crippen molar-refractivity contribution in [2.75, 3.05) is 6.61 Å². The normalized spacial score (nSPS) is 51.7. The van der Waals surface area contributed by atoms with Gasteiger partial charge in [-0.25, -0.2) is 4.79 Å². The van der Waals surface area contributed by atoms with E-state index in [1.807, 2.05) is 6.92 Å². The number of aliphatic hydroxyl groups excluding tert-OH is 3. The lowest BCUT2D eigenvalue weighted by molar-refractivity contribution is -0.244. The van der Waals surface area contributed by atoms with Crippen LogP contribution in [-0.2, 0) is 19.1 Å². The van der Waals surface area contributed by atoms with Crippen molar-refractivity contribution in [3.05, 3.63) is 24.3 Å². The fraction of sp³-hybridized carbons (Fsp3) is 0.838. The Morgan fingerprint density at radius 1 is 0.957 bits per heavy atom. The molecule has 9 heteroatoms. The van der Waals surface area contributed by atoms with Gasteiger partial charge < -0.3 is 35.0 Å². The molecule has 0 aromatic rings. The minimum absolute atomic E-state index is 0.00422. The van der Waals surface area contributed by atoms with Gasteiger partial charge in [0.05, 0.1) is 17.1 Å². The summed E-state index contributed by atoms with van der Waals surface area (Å²) in [5.41, 5.74) is -0.132. The highest BCUT2D eigenvalue weighted by Crippen LogP contribution is 2.71. The van der Waals surface area contributed by atoms with Gasteiger partial charge in [-0.1, -0.05) is 45.1 Å². The van der Waals surface area contributed by atoms with E-state index in [4.69, 9.17) is 9.47 Å². The van der Waals surface area contributed by atoms with Crippen LogP contribution in [0.5, 0.6) is 0 Å². The summed E-state index contributed by atoms with van der Waals surface area (Å²) in [6.07, 6.45) is 6.01. The summed E-state index contributed by atoms with van der Waals surface area (Å²) in [6.45, 7) is 13.0. The van der Waals surface area contributed by atoms with Gasteiger partial charge in [-0.15, -0.1) is 0 Å². The SMILES string of the molecule is C=CCOC(=O)C12CCC(C)CC1C1=CCC3C(C)(CCC4C3(C)CCC(CC3OC(C(=O)O)C(O)C(O)C3O)[C@@]4(C)O)C1CC2. The minimum Gasteiger partial charge on any atom is -0.479 e. The Morgan fingerprint density at radius 2 is 1.65 bits per heavy atom. The molecule has 0 spiro atoms. The third-order valence-electron chi connectivity index (χ3n) is 14.6. The van der Waals surface area contributed by atoms with Crippen molar-refractivity contribution in [3.8, 4) is 0 Å². The fourth-order valence-electron chi connectivity index (χ4n) is 12.1. The largest absolute Gasteiger partial charge is 0.479 e. The van der Waals surface area contributed by atoms with E-state index < -0.39 is 47.5 Å². The molecule has 0 aromatic carbocycles. The zero-order chi connectivity index (χ0) is 33.4. The van der Waals surface area contributed by atoms with Gasteiger partial charge in [0.1, 0.15) is 24.9 Å². The Hall–Kier alpha value is -1.78. The van der Waals surface area contributed by atoms with Gasteiger partial charge in [0.2, 0.25) is 0 Å². The molecule has 5 aliphatic carbocycles. The van der Waals surface area contributed by atoms with Crippen molar-refractivity contribution in [2.45, 2.75) is 134 Å². The zero-order valence-electron chi connectivity index (χ0n) is 28.1. The van der Waals surface area contributed by atoms with Crippen LogP contribution in [-0.4, -0.2) is 80.2 Å². The molecule has 0 bridgehead atoms. The number of carbonyl (C=O) groups is 2. The van der Waals surface area contributed by atoms with E-state index in [1.54, 1.807) is 6.08 Å². The van der Waals surface area contributed by atoms with E-state index in [-0.39, 0.29) is 47.6 Å².